The van der Waals surface area contributed by atoms with E-state index < -0.39 is 0 Å². The maximum Gasteiger partial charge on any atom is 0.233 e. The van der Waals surface area contributed by atoms with Crippen LogP contribution in [-0.2, 0) is 11.3 Å². The van der Waals surface area contributed by atoms with Crippen LogP contribution in [0.1, 0.15) is 83.0 Å². The number of hydrogen-bond acceptors (Lipinski definition) is 6. The second kappa shape index (κ2) is 13.0. The summed E-state index contributed by atoms with van der Waals surface area (Å²) in [5.74, 6) is 1.80. The number of allylic oxidation sites excluding steroid dienone is 1. The molecule has 4 rings (SSSR count). The summed E-state index contributed by atoms with van der Waals surface area (Å²) in [4.78, 5) is 12.8. The number of carbonyl (C=O) groups excluding carboxylic acids is 1. The lowest BCUT2D eigenvalue weighted by atomic mass is 9.95. The minimum absolute atomic E-state index is 0.0701. The first kappa shape index (κ1) is 25.6. The summed E-state index contributed by atoms with van der Waals surface area (Å²) in [6, 6.07) is 8.29. The van der Waals surface area contributed by atoms with E-state index in [9.17, 15) is 4.79 Å². The van der Waals surface area contributed by atoms with Gasteiger partial charge >= 0.3 is 0 Å². The molecule has 190 valence electrons. The zero-order chi connectivity index (χ0) is 24.5. The first-order valence-corrected chi connectivity index (χ1v) is 14.0. The smallest absolute Gasteiger partial charge is 0.233 e. The van der Waals surface area contributed by atoms with Crippen LogP contribution < -0.4 is 15.4 Å². The van der Waals surface area contributed by atoms with Crippen LogP contribution in [-0.4, -0.2) is 39.6 Å². The van der Waals surface area contributed by atoms with Gasteiger partial charge in [-0.25, -0.2) is 0 Å². The number of methoxy groups -OCH3 is 1. The summed E-state index contributed by atoms with van der Waals surface area (Å²) in [5.41, 5.74) is 2.47. The largest absolute Gasteiger partial charge is 0.497 e. The summed E-state index contributed by atoms with van der Waals surface area (Å²) in [5, 5.41) is 16.3. The summed E-state index contributed by atoms with van der Waals surface area (Å²) in [7, 11) is 1.67. The Bertz CT molecular complexity index is 999. The maximum absolute atomic E-state index is 12.8. The fourth-order valence-electron chi connectivity index (χ4n) is 4.96. The number of ether oxygens (including phenoxy) is 1. The molecule has 1 aromatic carbocycles. The van der Waals surface area contributed by atoms with Crippen LogP contribution in [0.25, 0.3) is 0 Å². The topological polar surface area (TPSA) is 81.1 Å². The summed E-state index contributed by atoms with van der Waals surface area (Å²) >= 11 is 1.52. The third-order valence-corrected chi connectivity index (χ3v) is 8.03. The fourth-order valence-corrected chi connectivity index (χ4v) is 5.92. The highest BCUT2D eigenvalue weighted by molar-refractivity contribution is 8.00. The number of amides is 1. The minimum Gasteiger partial charge on any atom is -0.497 e. The van der Waals surface area contributed by atoms with Gasteiger partial charge in [-0.2, -0.15) is 0 Å². The molecule has 35 heavy (non-hydrogen) atoms. The van der Waals surface area contributed by atoms with Crippen molar-refractivity contribution in [1.29, 1.82) is 0 Å². The van der Waals surface area contributed by atoms with Crippen molar-refractivity contribution < 1.29 is 9.53 Å². The molecule has 1 heterocycles. The Morgan fingerprint density at radius 2 is 2.06 bits per heavy atom. The summed E-state index contributed by atoms with van der Waals surface area (Å²) < 4.78 is 7.63. The number of aromatic nitrogens is 3. The molecular formula is C27H39N5O2S. The van der Waals surface area contributed by atoms with Crippen molar-refractivity contribution in [3.8, 4) is 5.75 Å². The molecule has 2 N–H and O–H groups in total. The second-order valence-electron chi connectivity index (χ2n) is 9.56. The molecule has 1 atom stereocenters. The Labute approximate surface area is 213 Å². The molecule has 1 unspecified atom stereocenters. The zero-order valence-corrected chi connectivity index (χ0v) is 21.9. The SMILES string of the molecule is COc1cccc(NCc2nnc(SC(C)C(=O)NCCC3=CCCCC3)n2C2CCCCC2)c1. The Morgan fingerprint density at radius 1 is 1.20 bits per heavy atom. The zero-order valence-electron chi connectivity index (χ0n) is 21.1. The molecule has 1 saturated carbocycles. The molecule has 7 nitrogen and oxygen atoms in total. The molecule has 2 aliphatic carbocycles. The lowest BCUT2D eigenvalue weighted by molar-refractivity contribution is -0.120. The number of anilines is 1. The third kappa shape index (κ3) is 7.26. The summed E-state index contributed by atoms with van der Waals surface area (Å²) in [6.07, 6.45) is 14.2. The lowest BCUT2D eigenvalue weighted by Gasteiger charge is -2.26. The standard InChI is InChI=1S/C27H39N5O2S/c1-20(26(33)28-17-16-21-10-5-3-6-11-21)35-27-31-30-25(32(27)23-13-7-4-8-14-23)19-29-22-12-9-15-24(18-22)34-2/h9-10,12,15,18,20,23,29H,3-8,11,13-14,16-17,19H2,1-2H3,(H,28,33). The van der Waals surface area contributed by atoms with Gasteiger partial charge in [0, 0.05) is 24.3 Å². The van der Waals surface area contributed by atoms with Gasteiger partial charge in [0.05, 0.1) is 18.9 Å². The van der Waals surface area contributed by atoms with Gasteiger partial charge < -0.3 is 19.9 Å². The Morgan fingerprint density at radius 3 is 2.83 bits per heavy atom. The molecule has 8 heteroatoms. The highest BCUT2D eigenvalue weighted by Crippen LogP contribution is 2.34. The number of hydrogen-bond donors (Lipinski definition) is 2. The third-order valence-electron chi connectivity index (χ3n) is 6.98. The van der Waals surface area contributed by atoms with Crippen LogP contribution in [0.3, 0.4) is 0 Å². The highest BCUT2D eigenvalue weighted by atomic mass is 32.2. The fraction of sp³-hybridized carbons (Fsp3) is 0.593. The molecule has 1 fully saturated rings. The first-order chi connectivity index (χ1) is 17.1. The van der Waals surface area contributed by atoms with Crippen LogP contribution in [0.4, 0.5) is 5.69 Å². The van der Waals surface area contributed by atoms with E-state index in [1.165, 1.54) is 62.3 Å². The monoisotopic (exact) mass is 497 g/mol. The van der Waals surface area contributed by atoms with Gasteiger partial charge in [0.1, 0.15) is 5.75 Å². The lowest BCUT2D eigenvalue weighted by Crippen LogP contribution is -2.32. The van der Waals surface area contributed by atoms with E-state index in [2.05, 4.69) is 31.5 Å². The highest BCUT2D eigenvalue weighted by Gasteiger charge is 2.25. The normalized spacial score (nSPS) is 17.5. The van der Waals surface area contributed by atoms with Crippen LogP contribution in [0.2, 0.25) is 0 Å². The number of nitrogens with zero attached hydrogens (tertiary/aromatic N) is 3. The molecule has 0 aliphatic heterocycles. The predicted molar refractivity (Wildman–Crippen MR) is 142 cm³/mol. The number of rotatable bonds is 11. The quantitative estimate of drug-likeness (QED) is 0.298. The van der Waals surface area contributed by atoms with Gasteiger partial charge in [0.25, 0.3) is 0 Å². The van der Waals surface area contributed by atoms with E-state index in [1.54, 1.807) is 7.11 Å². The van der Waals surface area contributed by atoms with Crippen molar-refractivity contribution in [3.63, 3.8) is 0 Å². The number of carbonyl (C=O) groups is 1. The second-order valence-corrected chi connectivity index (χ2v) is 10.9. The molecule has 1 aromatic heterocycles. The summed E-state index contributed by atoms with van der Waals surface area (Å²) in [6.45, 7) is 3.25. The van der Waals surface area contributed by atoms with E-state index >= 15 is 0 Å². The Balaban J connectivity index is 1.39. The van der Waals surface area contributed by atoms with E-state index in [-0.39, 0.29) is 11.2 Å². The molecule has 2 aliphatic rings. The van der Waals surface area contributed by atoms with Gasteiger partial charge in [0.15, 0.2) is 11.0 Å². The average Bonchev–Trinajstić information content (AvgIpc) is 3.30. The molecule has 0 spiro atoms. The minimum atomic E-state index is -0.221. The van der Waals surface area contributed by atoms with Crippen LogP contribution in [0.5, 0.6) is 5.75 Å². The van der Waals surface area contributed by atoms with Crippen molar-refractivity contribution in [2.75, 3.05) is 19.0 Å². The maximum atomic E-state index is 12.8. The Hall–Kier alpha value is -2.48. The predicted octanol–water partition coefficient (Wildman–Crippen LogP) is 5.89. The van der Waals surface area contributed by atoms with E-state index in [0.717, 1.165) is 41.7 Å². The van der Waals surface area contributed by atoms with Gasteiger partial charge in [0.2, 0.25) is 5.91 Å². The van der Waals surface area contributed by atoms with Crippen molar-refractivity contribution in [1.82, 2.24) is 20.1 Å². The molecule has 1 amide bonds. The van der Waals surface area contributed by atoms with Crippen molar-refractivity contribution in [3.05, 3.63) is 41.7 Å². The van der Waals surface area contributed by atoms with Crippen molar-refractivity contribution in [2.24, 2.45) is 0 Å². The number of benzene rings is 1. The molecular weight excluding hydrogens is 458 g/mol. The molecule has 2 aromatic rings. The van der Waals surface area contributed by atoms with Gasteiger partial charge in [-0.1, -0.05) is 48.7 Å². The average molecular weight is 498 g/mol. The molecule has 0 saturated heterocycles. The van der Waals surface area contributed by atoms with Gasteiger partial charge in [-0.15, -0.1) is 10.2 Å². The van der Waals surface area contributed by atoms with E-state index in [0.29, 0.717) is 19.1 Å². The number of nitrogens with one attached hydrogen (secondary N) is 2. The van der Waals surface area contributed by atoms with Crippen molar-refractivity contribution >= 4 is 23.4 Å². The van der Waals surface area contributed by atoms with Gasteiger partial charge in [-0.3, -0.25) is 4.79 Å². The van der Waals surface area contributed by atoms with Crippen LogP contribution in [0.15, 0.2) is 41.1 Å². The Kier molecular flexibility index (Phi) is 9.51. The van der Waals surface area contributed by atoms with Gasteiger partial charge in [-0.05, 0) is 64.0 Å². The van der Waals surface area contributed by atoms with Crippen molar-refractivity contribution in [2.45, 2.75) is 94.1 Å². The molecule has 0 bridgehead atoms. The van der Waals surface area contributed by atoms with Crippen LogP contribution >= 0.6 is 11.8 Å². The van der Waals surface area contributed by atoms with E-state index in [1.807, 2.05) is 31.2 Å². The van der Waals surface area contributed by atoms with Crippen LogP contribution in [0, 0.1) is 0 Å². The van der Waals surface area contributed by atoms with E-state index in [4.69, 9.17) is 4.74 Å². The molecule has 0 radical (unpaired) electrons. The first-order valence-electron chi connectivity index (χ1n) is 13.1. The number of thioether (sulfide) groups is 1.